The molecular formula is C27H29NO2. The first kappa shape index (κ1) is 20.5. The minimum Gasteiger partial charge on any atom is -0.299 e. The highest BCUT2D eigenvalue weighted by molar-refractivity contribution is 6.13. The van der Waals surface area contributed by atoms with E-state index in [1.165, 1.54) is 16.7 Å². The maximum atomic E-state index is 12.0. The lowest BCUT2D eigenvalue weighted by molar-refractivity contribution is -0.123. The van der Waals surface area contributed by atoms with Gasteiger partial charge in [0.1, 0.15) is 17.5 Å². The average molecular weight is 400 g/mol. The zero-order valence-electron chi connectivity index (χ0n) is 18.5. The number of rotatable bonds is 3. The van der Waals surface area contributed by atoms with Gasteiger partial charge in [-0.3, -0.25) is 14.6 Å². The van der Waals surface area contributed by atoms with Gasteiger partial charge >= 0.3 is 0 Å². The predicted octanol–water partition coefficient (Wildman–Crippen LogP) is 5.59. The van der Waals surface area contributed by atoms with Crippen molar-refractivity contribution in [2.45, 2.75) is 64.2 Å². The molecular weight excluding hydrogens is 370 g/mol. The molecule has 154 valence electrons. The Bertz CT molecular complexity index is 1080. The van der Waals surface area contributed by atoms with Gasteiger partial charge in [0.2, 0.25) is 0 Å². The van der Waals surface area contributed by atoms with Crippen LogP contribution in [0.15, 0.2) is 49.2 Å². The van der Waals surface area contributed by atoms with E-state index in [0.717, 1.165) is 16.8 Å². The molecule has 0 aliphatic heterocycles. The Morgan fingerprint density at radius 1 is 0.967 bits per heavy atom. The Kier molecular flexibility index (Phi) is 4.68. The minimum atomic E-state index is -0.639. The van der Waals surface area contributed by atoms with Crippen LogP contribution in [0.2, 0.25) is 0 Å². The number of Topliss-reactive ketones (excluding diaryl/α,β-unsaturated/α-hetero) is 2. The lowest BCUT2D eigenvalue weighted by Crippen LogP contribution is -2.29. The third kappa shape index (κ3) is 3.27. The molecule has 2 aliphatic carbocycles. The quantitative estimate of drug-likeness (QED) is 0.499. The smallest absolute Gasteiger partial charge is 0.148 e. The maximum absolute atomic E-state index is 12.0. The summed E-state index contributed by atoms with van der Waals surface area (Å²) < 4.78 is 0. The number of carbonyl (C=O) groups excluding carboxylic acids is 2. The standard InChI is InChI=1S/C27H29NO2/c1-16-13-20-21(27(5,6)12-11-26(20,3)4)14-19(16)17(2)22-8-7-18(15-28-22)25-23(29)9-10-24(25)30/h7-8,11-15,25H,2,9-10H2,1,3-6H3. The summed E-state index contributed by atoms with van der Waals surface area (Å²) in [6, 6.07) is 8.27. The third-order valence-corrected chi connectivity index (χ3v) is 6.69. The highest BCUT2D eigenvalue weighted by Crippen LogP contribution is 2.43. The first-order valence-electron chi connectivity index (χ1n) is 10.6. The summed E-state index contributed by atoms with van der Waals surface area (Å²) in [6.07, 6.45) is 6.94. The van der Waals surface area contributed by atoms with E-state index in [-0.39, 0.29) is 22.4 Å². The predicted molar refractivity (Wildman–Crippen MR) is 121 cm³/mol. The topological polar surface area (TPSA) is 47.0 Å². The van der Waals surface area contributed by atoms with Crippen LogP contribution in [-0.4, -0.2) is 16.6 Å². The minimum absolute atomic E-state index is 0.00295. The summed E-state index contributed by atoms with van der Waals surface area (Å²) >= 11 is 0. The molecule has 2 aliphatic rings. The van der Waals surface area contributed by atoms with E-state index in [2.05, 4.69) is 70.5 Å². The first-order chi connectivity index (χ1) is 14.0. The van der Waals surface area contributed by atoms with Crippen molar-refractivity contribution in [1.82, 2.24) is 4.98 Å². The molecule has 1 saturated carbocycles. The van der Waals surface area contributed by atoms with Gasteiger partial charge in [-0.05, 0) is 46.9 Å². The van der Waals surface area contributed by atoms with E-state index in [9.17, 15) is 9.59 Å². The summed E-state index contributed by atoms with van der Waals surface area (Å²) in [5.74, 6) is -0.645. The van der Waals surface area contributed by atoms with Crippen LogP contribution in [0.4, 0.5) is 0 Å². The van der Waals surface area contributed by atoms with Crippen molar-refractivity contribution in [2.75, 3.05) is 0 Å². The Morgan fingerprint density at radius 2 is 1.53 bits per heavy atom. The fraction of sp³-hybridized carbons (Fsp3) is 0.370. The molecule has 1 heterocycles. The number of ketones is 2. The Morgan fingerprint density at radius 3 is 2.07 bits per heavy atom. The van der Waals surface area contributed by atoms with Gasteiger partial charge in [-0.1, -0.05) is 58.6 Å². The molecule has 1 fully saturated rings. The van der Waals surface area contributed by atoms with Crippen molar-refractivity contribution in [1.29, 1.82) is 0 Å². The number of allylic oxidation sites excluding steroid dienone is 2. The summed E-state index contributed by atoms with van der Waals surface area (Å²) in [5, 5.41) is 0. The third-order valence-electron chi connectivity index (χ3n) is 6.69. The molecule has 1 aromatic heterocycles. The number of carbonyl (C=O) groups is 2. The number of aryl methyl sites for hydroxylation is 1. The molecule has 0 spiro atoms. The number of benzene rings is 1. The number of pyridine rings is 1. The Balaban J connectivity index is 1.71. The van der Waals surface area contributed by atoms with Crippen molar-refractivity contribution < 1.29 is 9.59 Å². The summed E-state index contributed by atoms with van der Waals surface area (Å²) in [6.45, 7) is 15.4. The van der Waals surface area contributed by atoms with Crippen LogP contribution in [0.3, 0.4) is 0 Å². The Labute approximate surface area is 178 Å². The van der Waals surface area contributed by atoms with E-state index in [0.29, 0.717) is 18.4 Å². The highest BCUT2D eigenvalue weighted by Gasteiger charge is 2.35. The SMILES string of the molecule is C=C(c1ccc(C2C(=O)CCC2=O)cn1)c1cc2c(cc1C)C(C)(C)C=CC2(C)C. The van der Waals surface area contributed by atoms with Gasteiger partial charge in [0, 0.05) is 35.4 Å². The zero-order valence-corrected chi connectivity index (χ0v) is 18.5. The fourth-order valence-corrected chi connectivity index (χ4v) is 4.67. The van der Waals surface area contributed by atoms with Gasteiger partial charge in [-0.15, -0.1) is 0 Å². The van der Waals surface area contributed by atoms with Crippen molar-refractivity contribution in [2.24, 2.45) is 0 Å². The lowest BCUT2D eigenvalue weighted by atomic mass is 9.67. The zero-order chi connectivity index (χ0) is 21.8. The number of nitrogens with zero attached hydrogens (tertiary/aromatic N) is 1. The molecule has 1 aromatic carbocycles. The van der Waals surface area contributed by atoms with Crippen LogP contribution in [0.5, 0.6) is 0 Å². The molecule has 0 amide bonds. The molecule has 4 rings (SSSR count). The second kappa shape index (κ2) is 6.87. The van der Waals surface area contributed by atoms with Gasteiger partial charge in [-0.2, -0.15) is 0 Å². The normalized spacial score (nSPS) is 19.8. The lowest BCUT2D eigenvalue weighted by Gasteiger charge is -2.37. The average Bonchev–Trinajstić information content (AvgIpc) is 3.03. The molecule has 3 heteroatoms. The number of hydrogen-bond acceptors (Lipinski definition) is 3. The molecule has 0 bridgehead atoms. The van der Waals surface area contributed by atoms with Gasteiger partial charge in [-0.25, -0.2) is 0 Å². The van der Waals surface area contributed by atoms with E-state index in [1.54, 1.807) is 6.20 Å². The molecule has 3 nitrogen and oxygen atoms in total. The van der Waals surface area contributed by atoms with E-state index in [1.807, 2.05) is 12.1 Å². The number of hydrogen-bond donors (Lipinski definition) is 0. The van der Waals surface area contributed by atoms with Crippen LogP contribution in [0.25, 0.3) is 5.57 Å². The Hall–Kier alpha value is -2.81. The van der Waals surface area contributed by atoms with E-state index in [4.69, 9.17) is 0 Å². The second-order valence-electron chi connectivity index (χ2n) is 9.81. The van der Waals surface area contributed by atoms with Gasteiger partial charge in [0.15, 0.2) is 0 Å². The second-order valence-corrected chi connectivity index (χ2v) is 9.81. The molecule has 0 saturated heterocycles. The number of aromatic nitrogens is 1. The van der Waals surface area contributed by atoms with Crippen LogP contribution < -0.4 is 0 Å². The molecule has 0 unspecified atom stereocenters. The summed E-state index contributed by atoms with van der Waals surface area (Å²) in [5.41, 5.74) is 7.18. The van der Waals surface area contributed by atoms with E-state index >= 15 is 0 Å². The maximum Gasteiger partial charge on any atom is 0.148 e. The van der Waals surface area contributed by atoms with Crippen LogP contribution in [0.1, 0.15) is 80.0 Å². The summed E-state index contributed by atoms with van der Waals surface area (Å²) in [7, 11) is 0. The molecule has 2 aromatic rings. The monoisotopic (exact) mass is 399 g/mol. The largest absolute Gasteiger partial charge is 0.299 e. The summed E-state index contributed by atoms with van der Waals surface area (Å²) in [4.78, 5) is 28.7. The highest BCUT2D eigenvalue weighted by atomic mass is 16.2. The van der Waals surface area contributed by atoms with Crippen LogP contribution in [-0.2, 0) is 20.4 Å². The van der Waals surface area contributed by atoms with Crippen LogP contribution >= 0.6 is 0 Å². The fourth-order valence-electron chi connectivity index (χ4n) is 4.67. The van der Waals surface area contributed by atoms with Crippen LogP contribution in [0, 0.1) is 6.92 Å². The molecule has 0 radical (unpaired) electrons. The first-order valence-corrected chi connectivity index (χ1v) is 10.6. The van der Waals surface area contributed by atoms with Crippen molar-refractivity contribution in [3.8, 4) is 0 Å². The van der Waals surface area contributed by atoms with E-state index < -0.39 is 5.92 Å². The number of fused-ring (bicyclic) bond motifs is 1. The molecule has 0 N–H and O–H groups in total. The van der Waals surface area contributed by atoms with Gasteiger partial charge in [0.25, 0.3) is 0 Å². The molecule has 30 heavy (non-hydrogen) atoms. The van der Waals surface area contributed by atoms with Gasteiger partial charge in [0.05, 0.1) is 5.69 Å². The van der Waals surface area contributed by atoms with Crippen molar-refractivity contribution in [3.63, 3.8) is 0 Å². The molecule has 0 atom stereocenters. The van der Waals surface area contributed by atoms with Crippen molar-refractivity contribution in [3.05, 3.63) is 82.7 Å². The van der Waals surface area contributed by atoms with Gasteiger partial charge < -0.3 is 0 Å². The van der Waals surface area contributed by atoms with Crippen molar-refractivity contribution >= 4 is 17.1 Å².